The summed E-state index contributed by atoms with van der Waals surface area (Å²) in [6.45, 7) is 6.93. The molecule has 38 heavy (non-hydrogen) atoms. The van der Waals surface area contributed by atoms with E-state index in [1.54, 1.807) is 36.1 Å². The molecule has 2 aromatic carbocycles. The highest BCUT2D eigenvalue weighted by Gasteiger charge is 2.21. The van der Waals surface area contributed by atoms with Gasteiger partial charge in [-0.2, -0.15) is 0 Å². The molecular weight excluding hydrogens is 496 g/mol. The highest BCUT2D eigenvalue weighted by atomic mass is 19.1. The number of carboxylic acids is 1. The number of amides is 1. The average Bonchev–Trinajstić information content (AvgIpc) is 2.88. The molecule has 0 aliphatic heterocycles. The van der Waals surface area contributed by atoms with Gasteiger partial charge < -0.3 is 24.2 Å². The Kier molecular flexibility index (Phi) is 13.6. The van der Waals surface area contributed by atoms with Gasteiger partial charge in [0.2, 0.25) is 0 Å². The summed E-state index contributed by atoms with van der Waals surface area (Å²) in [7, 11) is 0. The van der Waals surface area contributed by atoms with Crippen molar-refractivity contribution in [1.29, 1.82) is 0 Å². The van der Waals surface area contributed by atoms with Crippen LogP contribution in [0.4, 0.5) is 13.6 Å². The van der Waals surface area contributed by atoms with E-state index in [0.717, 1.165) is 43.4 Å². The van der Waals surface area contributed by atoms with Crippen molar-refractivity contribution in [1.82, 2.24) is 4.90 Å². The second kappa shape index (κ2) is 16.6. The number of hydrogen-bond acceptors (Lipinski definition) is 5. The molecule has 0 heterocycles. The van der Waals surface area contributed by atoms with Gasteiger partial charge in [0.15, 0.2) is 6.10 Å². The fourth-order valence-corrected chi connectivity index (χ4v) is 4.21. The van der Waals surface area contributed by atoms with Crippen LogP contribution in [-0.2, 0) is 27.3 Å². The van der Waals surface area contributed by atoms with Crippen LogP contribution < -0.4 is 4.74 Å². The Labute approximate surface area is 223 Å². The van der Waals surface area contributed by atoms with Crippen LogP contribution in [0, 0.1) is 17.6 Å². The molecule has 1 amide bonds. The van der Waals surface area contributed by atoms with E-state index in [-0.39, 0.29) is 31.7 Å². The fraction of sp³-hybridized carbons (Fsp3) is 0.517. The molecule has 0 aliphatic carbocycles. The van der Waals surface area contributed by atoms with Crippen LogP contribution in [0.1, 0.15) is 57.6 Å². The lowest BCUT2D eigenvalue weighted by Crippen LogP contribution is -2.38. The van der Waals surface area contributed by atoms with Gasteiger partial charge in [-0.25, -0.2) is 18.4 Å². The molecule has 2 rings (SSSR count). The summed E-state index contributed by atoms with van der Waals surface area (Å²) >= 11 is 0. The summed E-state index contributed by atoms with van der Waals surface area (Å²) in [6, 6.07) is 10.2. The Balaban J connectivity index is 1.99. The third kappa shape index (κ3) is 10.7. The normalized spacial score (nSPS) is 11.8. The number of halogens is 2. The van der Waals surface area contributed by atoms with Gasteiger partial charge in [-0.05, 0) is 55.5 Å². The number of ether oxygens (including phenoxy) is 3. The highest BCUT2D eigenvalue weighted by molar-refractivity contribution is 5.72. The molecule has 2 aromatic rings. The minimum absolute atomic E-state index is 0.101. The molecule has 0 radical (unpaired) electrons. The highest BCUT2D eigenvalue weighted by Crippen LogP contribution is 2.18. The zero-order chi connectivity index (χ0) is 27.9. The lowest BCUT2D eigenvalue weighted by Gasteiger charge is -2.27. The SMILES string of the molecule is CCCC(CCC)CN(CCOc1ccc(CC(OCC)C(=O)O)cc1)C(=O)OCc1ccc(F)cc1F. The number of carbonyl (C=O) groups is 2. The van der Waals surface area contributed by atoms with Crippen LogP contribution in [0.25, 0.3) is 0 Å². The van der Waals surface area contributed by atoms with Gasteiger partial charge in [0.25, 0.3) is 0 Å². The Morgan fingerprint density at radius 3 is 2.26 bits per heavy atom. The monoisotopic (exact) mass is 535 g/mol. The second-order valence-corrected chi connectivity index (χ2v) is 9.16. The van der Waals surface area contributed by atoms with E-state index in [2.05, 4.69) is 13.8 Å². The van der Waals surface area contributed by atoms with E-state index >= 15 is 0 Å². The Morgan fingerprint density at radius 2 is 1.68 bits per heavy atom. The number of benzene rings is 2. The van der Waals surface area contributed by atoms with E-state index < -0.39 is 29.8 Å². The van der Waals surface area contributed by atoms with Crippen molar-refractivity contribution in [2.45, 2.75) is 65.6 Å². The first-order valence-electron chi connectivity index (χ1n) is 13.2. The van der Waals surface area contributed by atoms with Crippen molar-refractivity contribution in [3.8, 4) is 5.75 Å². The molecule has 0 aliphatic rings. The van der Waals surface area contributed by atoms with E-state index in [1.807, 2.05) is 0 Å². The van der Waals surface area contributed by atoms with Crippen molar-refractivity contribution in [3.63, 3.8) is 0 Å². The van der Waals surface area contributed by atoms with Gasteiger partial charge in [0.1, 0.15) is 30.6 Å². The Bertz CT molecular complexity index is 995. The maximum atomic E-state index is 14.0. The smallest absolute Gasteiger partial charge is 0.410 e. The van der Waals surface area contributed by atoms with E-state index in [9.17, 15) is 23.5 Å². The third-order valence-corrected chi connectivity index (χ3v) is 6.11. The van der Waals surface area contributed by atoms with Gasteiger partial charge in [0, 0.05) is 31.2 Å². The summed E-state index contributed by atoms with van der Waals surface area (Å²) < 4.78 is 43.6. The van der Waals surface area contributed by atoms with Crippen LogP contribution in [-0.4, -0.2) is 54.5 Å². The lowest BCUT2D eigenvalue weighted by molar-refractivity contribution is -0.149. The number of hydrogen-bond donors (Lipinski definition) is 1. The summed E-state index contributed by atoms with van der Waals surface area (Å²) in [5.41, 5.74) is 0.905. The average molecular weight is 536 g/mol. The van der Waals surface area contributed by atoms with Crippen molar-refractivity contribution in [2.24, 2.45) is 5.92 Å². The minimum atomic E-state index is -1.01. The predicted molar refractivity (Wildman–Crippen MR) is 140 cm³/mol. The molecular formula is C29H39F2NO6. The molecule has 210 valence electrons. The third-order valence-electron chi connectivity index (χ3n) is 6.11. The van der Waals surface area contributed by atoms with Crippen LogP contribution in [0.15, 0.2) is 42.5 Å². The fourth-order valence-electron chi connectivity index (χ4n) is 4.21. The molecule has 0 bridgehead atoms. The van der Waals surface area contributed by atoms with Crippen molar-refractivity contribution in [3.05, 3.63) is 65.2 Å². The van der Waals surface area contributed by atoms with Gasteiger partial charge in [0.05, 0.1) is 6.54 Å². The van der Waals surface area contributed by atoms with Gasteiger partial charge in [-0.15, -0.1) is 0 Å². The molecule has 1 atom stereocenters. The minimum Gasteiger partial charge on any atom is -0.492 e. The van der Waals surface area contributed by atoms with Crippen LogP contribution >= 0.6 is 0 Å². The number of aliphatic carboxylic acids is 1. The topological polar surface area (TPSA) is 85.3 Å². The number of carbonyl (C=O) groups excluding carboxylic acids is 1. The predicted octanol–water partition coefficient (Wildman–Crippen LogP) is 6.23. The van der Waals surface area contributed by atoms with Gasteiger partial charge in [-0.3, -0.25) is 0 Å². The first-order chi connectivity index (χ1) is 18.3. The maximum Gasteiger partial charge on any atom is 0.410 e. The van der Waals surface area contributed by atoms with E-state index in [0.29, 0.717) is 24.8 Å². The van der Waals surface area contributed by atoms with Crippen LogP contribution in [0.5, 0.6) is 5.75 Å². The molecule has 0 saturated carbocycles. The Hall–Kier alpha value is -3.20. The van der Waals surface area contributed by atoms with Crippen molar-refractivity contribution >= 4 is 12.1 Å². The number of rotatable bonds is 17. The number of nitrogens with zero attached hydrogens (tertiary/aromatic N) is 1. The van der Waals surface area contributed by atoms with Gasteiger partial charge >= 0.3 is 12.1 Å². The second-order valence-electron chi connectivity index (χ2n) is 9.16. The van der Waals surface area contributed by atoms with E-state index in [4.69, 9.17) is 14.2 Å². The zero-order valence-corrected chi connectivity index (χ0v) is 22.5. The molecule has 0 spiro atoms. The molecule has 0 aromatic heterocycles. The summed E-state index contributed by atoms with van der Waals surface area (Å²) in [6.07, 6.45) is 2.66. The lowest BCUT2D eigenvalue weighted by atomic mass is 9.98. The molecule has 1 unspecified atom stereocenters. The molecule has 9 heteroatoms. The van der Waals surface area contributed by atoms with Crippen molar-refractivity contribution < 1.29 is 37.7 Å². The molecule has 0 saturated heterocycles. The van der Waals surface area contributed by atoms with Crippen molar-refractivity contribution in [2.75, 3.05) is 26.3 Å². The summed E-state index contributed by atoms with van der Waals surface area (Å²) in [5, 5.41) is 9.26. The van der Waals surface area contributed by atoms with Crippen LogP contribution in [0.3, 0.4) is 0 Å². The largest absolute Gasteiger partial charge is 0.492 e. The molecule has 1 N–H and O–H groups in total. The summed E-state index contributed by atoms with van der Waals surface area (Å²) in [5.74, 6) is -1.58. The van der Waals surface area contributed by atoms with Crippen LogP contribution in [0.2, 0.25) is 0 Å². The van der Waals surface area contributed by atoms with Gasteiger partial charge in [-0.1, -0.05) is 38.8 Å². The standard InChI is InChI=1S/C29H39F2NO6/c1-4-7-22(8-5-2)19-32(29(35)38-20-23-11-12-24(30)18-26(23)31)15-16-37-25-13-9-21(10-14-25)17-27(28(33)34)36-6-3/h9-14,18,22,27H,4-8,15-17,19-20H2,1-3H3,(H,33,34). The van der Waals surface area contributed by atoms with E-state index in [1.165, 1.54) is 6.07 Å². The first kappa shape index (κ1) is 31.0. The first-order valence-corrected chi connectivity index (χ1v) is 13.2. The maximum absolute atomic E-state index is 14.0. The number of carboxylic acid groups (broad SMARTS) is 1. The molecule has 0 fully saturated rings. The molecule has 7 nitrogen and oxygen atoms in total. The zero-order valence-electron chi connectivity index (χ0n) is 22.5. The quantitative estimate of drug-likeness (QED) is 0.258. The Morgan fingerprint density at radius 1 is 1.00 bits per heavy atom. The summed E-state index contributed by atoms with van der Waals surface area (Å²) in [4.78, 5) is 25.8.